The van der Waals surface area contributed by atoms with Crippen LogP contribution in [0.3, 0.4) is 0 Å². The smallest absolute Gasteiger partial charge is 0.276 e. The number of carbonyl (C=O) groups is 2. The number of anilines is 2. The SMILES string of the molecule is CC[C@H](C(=O)Nc1ccccc1C)n1ccc(C(=O)Nc2ccccc2C)n1. The lowest BCUT2D eigenvalue weighted by molar-refractivity contribution is -0.119. The number of hydrogen-bond acceptors (Lipinski definition) is 3. The van der Waals surface area contributed by atoms with Crippen molar-refractivity contribution >= 4 is 23.2 Å². The number of benzene rings is 2. The first-order valence-corrected chi connectivity index (χ1v) is 9.28. The van der Waals surface area contributed by atoms with Gasteiger partial charge in [0, 0.05) is 17.6 Å². The second-order valence-electron chi connectivity index (χ2n) is 6.68. The van der Waals surface area contributed by atoms with Gasteiger partial charge in [-0.2, -0.15) is 5.10 Å². The van der Waals surface area contributed by atoms with Crippen LogP contribution in [0.1, 0.15) is 41.0 Å². The highest BCUT2D eigenvalue weighted by atomic mass is 16.2. The molecule has 0 aliphatic rings. The first-order valence-electron chi connectivity index (χ1n) is 9.28. The van der Waals surface area contributed by atoms with Gasteiger partial charge in [-0.3, -0.25) is 14.3 Å². The summed E-state index contributed by atoms with van der Waals surface area (Å²) in [6.07, 6.45) is 2.22. The van der Waals surface area contributed by atoms with E-state index in [2.05, 4.69) is 15.7 Å². The molecule has 3 rings (SSSR count). The van der Waals surface area contributed by atoms with Gasteiger partial charge < -0.3 is 10.6 Å². The maximum Gasteiger partial charge on any atom is 0.276 e. The van der Waals surface area contributed by atoms with Crippen LogP contribution < -0.4 is 10.6 Å². The van der Waals surface area contributed by atoms with E-state index in [1.165, 1.54) is 0 Å². The Labute approximate surface area is 164 Å². The fourth-order valence-electron chi connectivity index (χ4n) is 2.95. The van der Waals surface area contributed by atoms with Crippen LogP contribution in [0, 0.1) is 13.8 Å². The summed E-state index contributed by atoms with van der Waals surface area (Å²) in [4.78, 5) is 25.2. The minimum absolute atomic E-state index is 0.161. The average Bonchev–Trinajstić information content (AvgIpc) is 3.16. The number of nitrogens with zero attached hydrogens (tertiary/aromatic N) is 2. The Morgan fingerprint density at radius 2 is 1.50 bits per heavy atom. The quantitative estimate of drug-likeness (QED) is 0.672. The molecule has 1 atom stereocenters. The fourth-order valence-corrected chi connectivity index (χ4v) is 2.95. The highest BCUT2D eigenvalue weighted by Crippen LogP contribution is 2.19. The molecule has 1 aromatic heterocycles. The van der Waals surface area contributed by atoms with Crippen LogP contribution >= 0.6 is 0 Å². The van der Waals surface area contributed by atoms with Gasteiger partial charge in [-0.15, -0.1) is 0 Å². The molecular formula is C22H24N4O2. The third-order valence-electron chi connectivity index (χ3n) is 4.65. The van der Waals surface area contributed by atoms with Gasteiger partial charge in [0.25, 0.3) is 5.91 Å². The van der Waals surface area contributed by atoms with Crippen molar-refractivity contribution in [1.82, 2.24) is 9.78 Å². The van der Waals surface area contributed by atoms with Crippen molar-refractivity contribution in [2.24, 2.45) is 0 Å². The van der Waals surface area contributed by atoms with E-state index in [9.17, 15) is 9.59 Å². The lowest BCUT2D eigenvalue weighted by atomic mass is 10.1. The number of nitrogens with one attached hydrogen (secondary N) is 2. The number of amides is 2. The Morgan fingerprint density at radius 1 is 0.929 bits per heavy atom. The lowest BCUT2D eigenvalue weighted by Crippen LogP contribution is -2.26. The number of rotatable bonds is 6. The van der Waals surface area contributed by atoms with Gasteiger partial charge in [0.2, 0.25) is 5.91 Å². The summed E-state index contributed by atoms with van der Waals surface area (Å²) < 4.78 is 1.54. The Kier molecular flexibility index (Phi) is 5.89. The molecule has 144 valence electrons. The highest BCUT2D eigenvalue weighted by Gasteiger charge is 2.21. The second-order valence-corrected chi connectivity index (χ2v) is 6.68. The van der Waals surface area contributed by atoms with Crippen molar-refractivity contribution in [3.8, 4) is 0 Å². The molecule has 3 aromatic rings. The molecule has 0 bridgehead atoms. The molecule has 0 radical (unpaired) electrons. The maximum absolute atomic E-state index is 12.7. The Morgan fingerprint density at radius 3 is 2.07 bits per heavy atom. The zero-order chi connectivity index (χ0) is 20.1. The fraction of sp³-hybridized carbons (Fsp3) is 0.227. The van der Waals surface area contributed by atoms with E-state index in [1.54, 1.807) is 16.9 Å². The summed E-state index contributed by atoms with van der Waals surface area (Å²) in [7, 11) is 0. The minimum atomic E-state index is -0.500. The monoisotopic (exact) mass is 376 g/mol. The van der Waals surface area contributed by atoms with Crippen LogP contribution in [0.15, 0.2) is 60.8 Å². The number of para-hydroxylation sites is 2. The standard InChI is InChI=1S/C22H24N4O2/c1-4-20(22(28)24-18-12-8-6-10-16(18)3)26-14-13-19(25-26)21(27)23-17-11-7-5-9-15(17)2/h5-14,20H,4H2,1-3H3,(H,23,27)(H,24,28)/t20-/m1/s1. The number of aromatic nitrogens is 2. The van der Waals surface area contributed by atoms with E-state index < -0.39 is 6.04 Å². The molecule has 6 heteroatoms. The van der Waals surface area contributed by atoms with E-state index in [1.807, 2.05) is 69.3 Å². The number of aryl methyl sites for hydroxylation is 2. The Hall–Kier alpha value is -3.41. The average molecular weight is 376 g/mol. The van der Waals surface area contributed by atoms with Crippen molar-refractivity contribution in [2.75, 3.05) is 10.6 Å². The van der Waals surface area contributed by atoms with Crippen molar-refractivity contribution in [1.29, 1.82) is 0 Å². The van der Waals surface area contributed by atoms with Crippen molar-refractivity contribution < 1.29 is 9.59 Å². The highest BCUT2D eigenvalue weighted by molar-refractivity contribution is 6.03. The molecule has 0 unspecified atom stereocenters. The van der Waals surface area contributed by atoms with E-state index in [-0.39, 0.29) is 17.5 Å². The van der Waals surface area contributed by atoms with Gasteiger partial charge in [0.1, 0.15) is 6.04 Å². The van der Waals surface area contributed by atoms with Gasteiger partial charge in [0.05, 0.1) is 0 Å². The molecule has 2 amide bonds. The molecule has 0 aliphatic heterocycles. The van der Waals surface area contributed by atoms with Gasteiger partial charge in [-0.1, -0.05) is 43.3 Å². The summed E-state index contributed by atoms with van der Waals surface area (Å²) in [5.74, 6) is -0.465. The molecule has 1 heterocycles. The van der Waals surface area contributed by atoms with E-state index in [0.717, 1.165) is 22.5 Å². The minimum Gasteiger partial charge on any atom is -0.324 e. The van der Waals surface area contributed by atoms with Gasteiger partial charge >= 0.3 is 0 Å². The zero-order valence-electron chi connectivity index (χ0n) is 16.3. The summed E-state index contributed by atoms with van der Waals surface area (Å²) in [6, 6.07) is 16.3. The predicted molar refractivity (Wildman–Crippen MR) is 110 cm³/mol. The number of hydrogen-bond donors (Lipinski definition) is 2. The normalized spacial score (nSPS) is 11.7. The topological polar surface area (TPSA) is 76.0 Å². The third kappa shape index (κ3) is 4.28. The predicted octanol–water partition coefficient (Wildman–Crippen LogP) is 4.34. The Bertz CT molecular complexity index is 993. The van der Waals surface area contributed by atoms with Gasteiger partial charge in [-0.05, 0) is 49.6 Å². The van der Waals surface area contributed by atoms with Gasteiger partial charge in [-0.25, -0.2) is 0 Å². The molecule has 6 nitrogen and oxygen atoms in total. The van der Waals surface area contributed by atoms with Crippen LogP contribution in [0.5, 0.6) is 0 Å². The van der Waals surface area contributed by atoms with Crippen LogP contribution in [0.2, 0.25) is 0 Å². The largest absolute Gasteiger partial charge is 0.324 e. The first-order chi connectivity index (χ1) is 13.5. The summed E-state index contributed by atoms with van der Waals surface area (Å²) in [5, 5.41) is 10.1. The van der Waals surface area contributed by atoms with Crippen molar-refractivity contribution in [3.05, 3.63) is 77.6 Å². The van der Waals surface area contributed by atoms with Crippen LogP contribution in [0.25, 0.3) is 0 Å². The molecule has 0 fully saturated rings. The van der Waals surface area contributed by atoms with Crippen LogP contribution in [-0.4, -0.2) is 21.6 Å². The molecule has 0 aliphatic carbocycles. The zero-order valence-corrected chi connectivity index (χ0v) is 16.3. The summed E-state index contributed by atoms with van der Waals surface area (Å²) in [5.41, 5.74) is 3.75. The van der Waals surface area contributed by atoms with Crippen molar-refractivity contribution in [3.63, 3.8) is 0 Å². The maximum atomic E-state index is 12.7. The van der Waals surface area contributed by atoms with E-state index >= 15 is 0 Å². The number of carbonyl (C=O) groups excluding carboxylic acids is 2. The van der Waals surface area contributed by atoms with E-state index in [4.69, 9.17) is 0 Å². The lowest BCUT2D eigenvalue weighted by Gasteiger charge is -2.16. The summed E-state index contributed by atoms with van der Waals surface area (Å²) in [6.45, 7) is 5.78. The molecule has 28 heavy (non-hydrogen) atoms. The van der Waals surface area contributed by atoms with Crippen molar-refractivity contribution in [2.45, 2.75) is 33.2 Å². The molecular weight excluding hydrogens is 352 g/mol. The third-order valence-corrected chi connectivity index (χ3v) is 4.65. The summed E-state index contributed by atoms with van der Waals surface area (Å²) >= 11 is 0. The molecule has 2 N–H and O–H groups in total. The first kappa shape index (κ1) is 19.4. The Balaban J connectivity index is 1.73. The van der Waals surface area contributed by atoms with E-state index in [0.29, 0.717) is 6.42 Å². The second kappa shape index (κ2) is 8.52. The van der Waals surface area contributed by atoms with Gasteiger partial charge in [0.15, 0.2) is 5.69 Å². The molecule has 0 saturated carbocycles. The molecule has 2 aromatic carbocycles. The molecule has 0 saturated heterocycles. The van der Waals surface area contributed by atoms with Crippen LogP contribution in [0.4, 0.5) is 11.4 Å². The van der Waals surface area contributed by atoms with Crippen LogP contribution in [-0.2, 0) is 4.79 Å². The molecule has 0 spiro atoms.